The molecular formula is C18H22N4O3S. The van der Waals surface area contributed by atoms with Crippen molar-refractivity contribution in [3.63, 3.8) is 0 Å². The third-order valence-electron chi connectivity index (χ3n) is 4.03. The molecule has 26 heavy (non-hydrogen) atoms. The standard InChI is InChI=1S/C18H22N4O3S/c23-17(21-12-15-2-1-10-25-15)13-3-5-14(6-4-13)22-18(24)20-8-7-16-19-9-11-26-16/h3-6,9,11,15H,1-2,7-8,10,12H2,(H,21,23)(H2,20,22,24)/t15-/m1/s1. The minimum Gasteiger partial charge on any atom is -0.376 e. The first-order valence-corrected chi connectivity index (χ1v) is 9.52. The van der Waals surface area contributed by atoms with Crippen LogP contribution < -0.4 is 16.0 Å². The Hall–Kier alpha value is -2.45. The predicted molar refractivity (Wildman–Crippen MR) is 101 cm³/mol. The lowest BCUT2D eigenvalue weighted by atomic mass is 10.2. The molecule has 1 saturated heterocycles. The van der Waals surface area contributed by atoms with E-state index in [2.05, 4.69) is 20.9 Å². The molecule has 0 unspecified atom stereocenters. The molecule has 138 valence electrons. The molecule has 0 spiro atoms. The van der Waals surface area contributed by atoms with Gasteiger partial charge < -0.3 is 20.7 Å². The maximum atomic E-state index is 12.1. The number of benzene rings is 1. The van der Waals surface area contributed by atoms with Gasteiger partial charge in [0.2, 0.25) is 0 Å². The summed E-state index contributed by atoms with van der Waals surface area (Å²) in [6.07, 6.45) is 4.61. The van der Waals surface area contributed by atoms with Crippen LogP contribution in [-0.2, 0) is 11.2 Å². The summed E-state index contributed by atoms with van der Waals surface area (Å²) in [5.41, 5.74) is 1.19. The largest absolute Gasteiger partial charge is 0.376 e. The van der Waals surface area contributed by atoms with Crippen molar-refractivity contribution in [2.75, 3.05) is 25.0 Å². The molecule has 0 bridgehead atoms. The Kier molecular flexibility index (Phi) is 6.56. The van der Waals surface area contributed by atoms with Crippen LogP contribution in [-0.4, -0.2) is 42.7 Å². The molecular weight excluding hydrogens is 352 g/mol. The van der Waals surface area contributed by atoms with Crippen molar-refractivity contribution >= 4 is 29.0 Å². The Labute approximate surface area is 156 Å². The van der Waals surface area contributed by atoms with Crippen LogP contribution in [0.2, 0.25) is 0 Å². The van der Waals surface area contributed by atoms with Crippen LogP contribution in [0.15, 0.2) is 35.8 Å². The molecule has 3 rings (SSSR count). The number of amides is 3. The topological polar surface area (TPSA) is 92.4 Å². The number of rotatable bonds is 7. The number of hydrogen-bond donors (Lipinski definition) is 3. The molecule has 1 aliphatic rings. The van der Waals surface area contributed by atoms with E-state index >= 15 is 0 Å². The van der Waals surface area contributed by atoms with E-state index in [4.69, 9.17) is 4.74 Å². The molecule has 1 aliphatic heterocycles. The van der Waals surface area contributed by atoms with E-state index in [-0.39, 0.29) is 18.0 Å². The van der Waals surface area contributed by atoms with Gasteiger partial charge in [-0.3, -0.25) is 4.79 Å². The molecule has 0 aliphatic carbocycles. The van der Waals surface area contributed by atoms with E-state index in [1.54, 1.807) is 41.8 Å². The van der Waals surface area contributed by atoms with Crippen LogP contribution in [0.5, 0.6) is 0 Å². The van der Waals surface area contributed by atoms with Gasteiger partial charge in [0.15, 0.2) is 0 Å². The van der Waals surface area contributed by atoms with Gasteiger partial charge in [-0.05, 0) is 37.1 Å². The van der Waals surface area contributed by atoms with E-state index in [1.807, 2.05) is 5.38 Å². The molecule has 3 amide bonds. The summed E-state index contributed by atoms with van der Waals surface area (Å²) in [5, 5.41) is 11.3. The zero-order chi connectivity index (χ0) is 18.2. The fourth-order valence-electron chi connectivity index (χ4n) is 2.65. The number of thiazole rings is 1. The van der Waals surface area contributed by atoms with E-state index in [0.717, 1.165) is 24.5 Å². The molecule has 2 aromatic rings. The first kappa shape index (κ1) is 18.3. The Morgan fingerprint density at radius 2 is 2.08 bits per heavy atom. The Balaban J connectivity index is 1.40. The molecule has 0 saturated carbocycles. The van der Waals surface area contributed by atoms with Crippen LogP contribution in [0, 0.1) is 0 Å². The quantitative estimate of drug-likeness (QED) is 0.694. The van der Waals surface area contributed by atoms with Crippen LogP contribution >= 0.6 is 11.3 Å². The molecule has 0 radical (unpaired) electrons. The minimum atomic E-state index is -0.280. The van der Waals surface area contributed by atoms with Gasteiger partial charge in [-0.2, -0.15) is 0 Å². The zero-order valence-corrected chi connectivity index (χ0v) is 15.2. The van der Waals surface area contributed by atoms with E-state index in [9.17, 15) is 9.59 Å². The molecule has 1 fully saturated rings. The van der Waals surface area contributed by atoms with Crippen LogP contribution in [0.25, 0.3) is 0 Å². The summed E-state index contributed by atoms with van der Waals surface area (Å²) in [7, 11) is 0. The van der Waals surface area contributed by atoms with Crippen molar-refractivity contribution in [1.82, 2.24) is 15.6 Å². The highest BCUT2D eigenvalue weighted by Crippen LogP contribution is 2.12. The third kappa shape index (κ3) is 5.53. The minimum absolute atomic E-state index is 0.118. The first-order valence-electron chi connectivity index (χ1n) is 8.64. The molecule has 1 atom stereocenters. The normalized spacial score (nSPS) is 16.2. The molecule has 7 nitrogen and oxygen atoms in total. The number of urea groups is 1. The molecule has 3 N–H and O–H groups in total. The Morgan fingerprint density at radius 3 is 2.77 bits per heavy atom. The summed E-state index contributed by atoms with van der Waals surface area (Å²) in [6.45, 7) is 1.82. The van der Waals surface area contributed by atoms with Crippen molar-refractivity contribution in [3.05, 3.63) is 46.4 Å². The van der Waals surface area contributed by atoms with Gasteiger partial charge in [-0.15, -0.1) is 11.3 Å². The van der Waals surface area contributed by atoms with Gasteiger partial charge in [0.1, 0.15) is 0 Å². The van der Waals surface area contributed by atoms with Crippen molar-refractivity contribution in [2.45, 2.75) is 25.4 Å². The summed E-state index contributed by atoms with van der Waals surface area (Å²) >= 11 is 1.57. The number of aromatic nitrogens is 1. The first-order chi connectivity index (χ1) is 12.7. The molecule has 2 heterocycles. The van der Waals surface area contributed by atoms with E-state index in [1.165, 1.54) is 0 Å². The second kappa shape index (κ2) is 9.30. The lowest BCUT2D eigenvalue weighted by Crippen LogP contribution is -2.32. The second-order valence-corrected chi connectivity index (χ2v) is 6.96. The zero-order valence-electron chi connectivity index (χ0n) is 14.4. The van der Waals surface area contributed by atoms with Crippen molar-refractivity contribution in [1.29, 1.82) is 0 Å². The van der Waals surface area contributed by atoms with Crippen molar-refractivity contribution in [2.24, 2.45) is 0 Å². The number of hydrogen-bond acceptors (Lipinski definition) is 5. The van der Waals surface area contributed by atoms with Gasteiger partial charge >= 0.3 is 6.03 Å². The summed E-state index contributed by atoms with van der Waals surface area (Å²) in [5.74, 6) is -0.139. The SMILES string of the molecule is O=C(NCCc1nccs1)Nc1ccc(C(=O)NC[C@H]2CCCO2)cc1. The van der Waals surface area contributed by atoms with Crippen LogP contribution in [0.3, 0.4) is 0 Å². The average Bonchev–Trinajstić information content (AvgIpc) is 3.34. The fourth-order valence-corrected chi connectivity index (χ4v) is 3.27. The molecule has 1 aromatic carbocycles. The van der Waals surface area contributed by atoms with Gasteiger partial charge in [0.05, 0.1) is 11.1 Å². The van der Waals surface area contributed by atoms with Gasteiger partial charge in [-0.25, -0.2) is 9.78 Å². The monoisotopic (exact) mass is 374 g/mol. The summed E-state index contributed by atoms with van der Waals surface area (Å²) < 4.78 is 5.49. The van der Waals surface area contributed by atoms with Gasteiger partial charge in [0.25, 0.3) is 5.91 Å². The highest BCUT2D eigenvalue weighted by Gasteiger charge is 2.16. The maximum Gasteiger partial charge on any atom is 0.319 e. The van der Waals surface area contributed by atoms with Gasteiger partial charge in [-0.1, -0.05) is 0 Å². The molecule has 8 heteroatoms. The number of carbonyl (C=O) groups is 2. The lowest BCUT2D eigenvalue weighted by Gasteiger charge is -2.11. The van der Waals surface area contributed by atoms with Crippen LogP contribution in [0.4, 0.5) is 10.5 Å². The summed E-state index contributed by atoms with van der Waals surface area (Å²) in [4.78, 5) is 28.2. The van der Waals surface area contributed by atoms with Crippen molar-refractivity contribution in [3.8, 4) is 0 Å². The lowest BCUT2D eigenvalue weighted by molar-refractivity contribution is 0.0858. The number of anilines is 1. The Morgan fingerprint density at radius 1 is 1.23 bits per heavy atom. The predicted octanol–water partition coefficient (Wildman–Crippen LogP) is 2.42. The smallest absolute Gasteiger partial charge is 0.319 e. The third-order valence-corrected chi connectivity index (χ3v) is 4.87. The number of nitrogens with one attached hydrogen (secondary N) is 3. The van der Waals surface area contributed by atoms with E-state index < -0.39 is 0 Å². The number of nitrogens with zero attached hydrogens (tertiary/aromatic N) is 1. The number of ether oxygens (including phenoxy) is 1. The highest BCUT2D eigenvalue weighted by molar-refractivity contribution is 7.09. The number of carbonyl (C=O) groups excluding carboxylic acids is 2. The second-order valence-electron chi connectivity index (χ2n) is 5.98. The van der Waals surface area contributed by atoms with Gasteiger partial charge in [0, 0.05) is 48.9 Å². The van der Waals surface area contributed by atoms with Crippen LogP contribution in [0.1, 0.15) is 28.2 Å². The highest BCUT2D eigenvalue weighted by atomic mass is 32.1. The maximum absolute atomic E-state index is 12.1. The average molecular weight is 374 g/mol. The summed E-state index contributed by atoms with van der Waals surface area (Å²) in [6, 6.07) is 6.52. The fraction of sp³-hybridized carbons (Fsp3) is 0.389. The van der Waals surface area contributed by atoms with Crippen molar-refractivity contribution < 1.29 is 14.3 Å². The van der Waals surface area contributed by atoms with E-state index in [0.29, 0.717) is 30.8 Å². The Bertz CT molecular complexity index is 713. The molecule has 1 aromatic heterocycles.